The van der Waals surface area contributed by atoms with Crippen molar-refractivity contribution in [3.8, 4) is 67.5 Å². The van der Waals surface area contributed by atoms with Crippen LogP contribution in [0.25, 0.3) is 89.1 Å². The van der Waals surface area contributed by atoms with Crippen LogP contribution in [0.2, 0.25) is 0 Å². The number of rotatable bonds is 4. The Bertz CT molecular complexity index is 3100. The molecule has 1 spiro atoms. The number of hydrogen-bond donors (Lipinski definition) is 0. The van der Waals surface area contributed by atoms with E-state index in [1.165, 1.54) is 50.1 Å². The minimum Gasteiger partial charge on any atom is -0.208 e. The first-order chi connectivity index (χ1) is 28.3. The van der Waals surface area contributed by atoms with Crippen LogP contribution in [0.5, 0.6) is 0 Å². The van der Waals surface area contributed by atoms with Gasteiger partial charge in [0.1, 0.15) is 0 Å². The Morgan fingerprint density at radius 2 is 0.561 bits per heavy atom. The molecule has 0 N–H and O–H groups in total. The van der Waals surface area contributed by atoms with Crippen molar-refractivity contribution in [2.45, 2.75) is 5.41 Å². The Kier molecular flexibility index (Phi) is 6.84. The first kappa shape index (κ1) is 31.8. The molecule has 264 valence electrons. The molecule has 0 saturated carbocycles. The van der Waals surface area contributed by atoms with Crippen LogP contribution in [0.3, 0.4) is 0 Å². The number of benzene rings is 9. The highest BCUT2D eigenvalue weighted by molar-refractivity contribution is 6.01. The van der Waals surface area contributed by atoms with Crippen LogP contribution in [-0.4, -0.2) is 15.0 Å². The first-order valence-electron chi connectivity index (χ1n) is 19.5. The van der Waals surface area contributed by atoms with Crippen molar-refractivity contribution in [1.82, 2.24) is 15.0 Å². The lowest BCUT2D eigenvalue weighted by Gasteiger charge is -2.32. The van der Waals surface area contributed by atoms with Crippen LogP contribution in [0.15, 0.2) is 200 Å². The smallest absolute Gasteiger partial charge is 0.164 e. The molecule has 57 heavy (non-hydrogen) atoms. The molecule has 3 heteroatoms. The van der Waals surface area contributed by atoms with E-state index in [-0.39, 0.29) is 0 Å². The SMILES string of the molecule is c1ccc(-c2cccc3c2C2(c4ccccc4-c4ccccc42)c2ccccc2-3)c(-c2nc(-c3cccc4ccccc34)nc(-c3cccc4ccccc34)n2)c1. The molecule has 1 aromatic heterocycles. The maximum atomic E-state index is 5.39. The average Bonchev–Trinajstić information content (AvgIpc) is 3.76. The molecule has 0 saturated heterocycles. The van der Waals surface area contributed by atoms with Gasteiger partial charge >= 0.3 is 0 Å². The molecule has 12 rings (SSSR count). The zero-order valence-electron chi connectivity index (χ0n) is 30.9. The maximum Gasteiger partial charge on any atom is 0.164 e. The number of aromatic nitrogens is 3. The molecule has 0 bridgehead atoms. The van der Waals surface area contributed by atoms with Crippen LogP contribution in [0.4, 0.5) is 0 Å². The summed E-state index contributed by atoms with van der Waals surface area (Å²) in [6.07, 6.45) is 0. The summed E-state index contributed by atoms with van der Waals surface area (Å²) in [6.45, 7) is 0. The number of nitrogens with zero attached hydrogens (tertiary/aromatic N) is 3. The lowest BCUT2D eigenvalue weighted by atomic mass is 9.68. The fourth-order valence-corrected chi connectivity index (χ4v) is 9.87. The molecular formula is C54H33N3. The second-order valence-electron chi connectivity index (χ2n) is 15.0. The molecule has 0 radical (unpaired) electrons. The van der Waals surface area contributed by atoms with E-state index in [2.05, 4.69) is 200 Å². The van der Waals surface area contributed by atoms with Gasteiger partial charge in [0.15, 0.2) is 17.5 Å². The van der Waals surface area contributed by atoms with Gasteiger partial charge in [-0.1, -0.05) is 200 Å². The molecule has 0 unspecified atom stereocenters. The largest absolute Gasteiger partial charge is 0.208 e. The van der Waals surface area contributed by atoms with Crippen molar-refractivity contribution >= 4 is 21.5 Å². The highest BCUT2D eigenvalue weighted by Crippen LogP contribution is 2.64. The van der Waals surface area contributed by atoms with Gasteiger partial charge < -0.3 is 0 Å². The van der Waals surface area contributed by atoms with Gasteiger partial charge in [-0.05, 0) is 77.2 Å². The van der Waals surface area contributed by atoms with E-state index in [1.54, 1.807) is 0 Å². The van der Waals surface area contributed by atoms with E-state index >= 15 is 0 Å². The Hall–Kier alpha value is -7.49. The molecule has 0 aliphatic heterocycles. The van der Waals surface area contributed by atoms with Crippen molar-refractivity contribution in [3.63, 3.8) is 0 Å². The van der Waals surface area contributed by atoms with E-state index in [0.29, 0.717) is 17.5 Å². The molecule has 2 aliphatic carbocycles. The van der Waals surface area contributed by atoms with Gasteiger partial charge in [0.25, 0.3) is 0 Å². The van der Waals surface area contributed by atoms with Crippen molar-refractivity contribution in [2.75, 3.05) is 0 Å². The van der Waals surface area contributed by atoms with Gasteiger partial charge in [-0.15, -0.1) is 0 Å². The minimum atomic E-state index is -0.496. The Labute approximate surface area is 330 Å². The summed E-state index contributed by atoms with van der Waals surface area (Å²) < 4.78 is 0. The predicted molar refractivity (Wildman–Crippen MR) is 233 cm³/mol. The van der Waals surface area contributed by atoms with Crippen molar-refractivity contribution in [2.24, 2.45) is 0 Å². The molecule has 0 fully saturated rings. The number of hydrogen-bond acceptors (Lipinski definition) is 3. The molecule has 9 aromatic carbocycles. The van der Waals surface area contributed by atoms with Gasteiger partial charge in [-0.2, -0.15) is 0 Å². The van der Waals surface area contributed by atoms with E-state index < -0.39 is 5.41 Å². The van der Waals surface area contributed by atoms with Crippen molar-refractivity contribution in [3.05, 3.63) is 222 Å². The van der Waals surface area contributed by atoms with E-state index in [1.807, 2.05) is 0 Å². The quantitative estimate of drug-likeness (QED) is 0.181. The highest BCUT2D eigenvalue weighted by atomic mass is 15.0. The van der Waals surface area contributed by atoms with E-state index in [9.17, 15) is 0 Å². The van der Waals surface area contributed by atoms with Crippen molar-refractivity contribution < 1.29 is 0 Å². The van der Waals surface area contributed by atoms with Crippen LogP contribution >= 0.6 is 0 Å². The summed E-state index contributed by atoms with van der Waals surface area (Å²) in [5.74, 6) is 1.94. The summed E-state index contributed by atoms with van der Waals surface area (Å²) in [4.78, 5) is 16.0. The third-order valence-corrected chi connectivity index (χ3v) is 12.2. The zero-order valence-corrected chi connectivity index (χ0v) is 30.9. The van der Waals surface area contributed by atoms with Gasteiger partial charge in [0, 0.05) is 16.7 Å². The molecule has 2 aliphatic rings. The second-order valence-corrected chi connectivity index (χ2v) is 15.0. The lowest BCUT2D eigenvalue weighted by molar-refractivity contribution is 0.796. The van der Waals surface area contributed by atoms with Gasteiger partial charge in [-0.3, -0.25) is 0 Å². The zero-order chi connectivity index (χ0) is 37.5. The normalized spacial score (nSPS) is 13.1. The minimum absolute atomic E-state index is 0.496. The Morgan fingerprint density at radius 1 is 0.246 bits per heavy atom. The molecule has 3 nitrogen and oxygen atoms in total. The molecule has 10 aromatic rings. The fourth-order valence-electron chi connectivity index (χ4n) is 9.87. The molecule has 0 atom stereocenters. The Balaban J connectivity index is 1.15. The molecular weight excluding hydrogens is 691 g/mol. The lowest BCUT2D eigenvalue weighted by Crippen LogP contribution is -2.26. The third-order valence-electron chi connectivity index (χ3n) is 12.2. The summed E-state index contributed by atoms with van der Waals surface area (Å²) in [7, 11) is 0. The summed E-state index contributed by atoms with van der Waals surface area (Å²) in [5, 5.41) is 4.50. The second kappa shape index (κ2) is 12.3. The summed E-state index contributed by atoms with van der Waals surface area (Å²) in [5.41, 5.74) is 15.0. The van der Waals surface area contributed by atoms with E-state index in [0.717, 1.165) is 43.8 Å². The summed E-state index contributed by atoms with van der Waals surface area (Å²) in [6, 6.07) is 72.1. The average molecular weight is 724 g/mol. The monoisotopic (exact) mass is 723 g/mol. The predicted octanol–water partition coefficient (Wildman–Crippen LogP) is 13.2. The van der Waals surface area contributed by atoms with Gasteiger partial charge in [0.05, 0.1) is 5.41 Å². The topological polar surface area (TPSA) is 38.7 Å². The Morgan fingerprint density at radius 3 is 1.09 bits per heavy atom. The number of fused-ring (bicyclic) bond motifs is 12. The van der Waals surface area contributed by atoms with Gasteiger partial charge in [0.2, 0.25) is 0 Å². The standard InChI is InChI=1S/C54H33N3/c1-3-20-36-34(16-1)18-13-29-44(36)51-55-52(45-30-14-19-35-17-2-4-21-37(35)45)57-53(56-51)46-26-6-5-22-38(46)42-27-15-28-43-41-25-9-12-33-49(41)54(50(42)43)47-31-10-7-23-39(47)40-24-8-11-32-48(40)54/h1-33H. The summed E-state index contributed by atoms with van der Waals surface area (Å²) >= 11 is 0. The van der Waals surface area contributed by atoms with Gasteiger partial charge in [-0.25, -0.2) is 15.0 Å². The third kappa shape index (κ3) is 4.51. The van der Waals surface area contributed by atoms with E-state index in [4.69, 9.17) is 15.0 Å². The molecule has 1 heterocycles. The van der Waals surface area contributed by atoms with Crippen LogP contribution in [0, 0.1) is 0 Å². The molecule has 0 amide bonds. The first-order valence-corrected chi connectivity index (χ1v) is 19.5. The van der Waals surface area contributed by atoms with Crippen LogP contribution in [-0.2, 0) is 5.41 Å². The van der Waals surface area contributed by atoms with Crippen LogP contribution < -0.4 is 0 Å². The van der Waals surface area contributed by atoms with Crippen molar-refractivity contribution in [1.29, 1.82) is 0 Å². The maximum absolute atomic E-state index is 5.39. The van der Waals surface area contributed by atoms with Crippen LogP contribution in [0.1, 0.15) is 22.3 Å². The highest BCUT2D eigenvalue weighted by Gasteiger charge is 2.52. The fraction of sp³-hybridized carbons (Fsp3) is 0.0185.